The summed E-state index contributed by atoms with van der Waals surface area (Å²) in [5.41, 5.74) is 5.72. The van der Waals surface area contributed by atoms with Gasteiger partial charge in [-0.2, -0.15) is 0 Å². The highest BCUT2D eigenvalue weighted by Crippen LogP contribution is 2.24. The molecule has 3 N–H and O–H groups in total. The summed E-state index contributed by atoms with van der Waals surface area (Å²) < 4.78 is 0. The highest BCUT2D eigenvalue weighted by atomic mass is 32.1. The molecular weight excluding hydrogens is 192 g/mol. The Morgan fingerprint density at radius 2 is 2.36 bits per heavy atom. The molecule has 0 atom stereocenters. The number of nitrogens with one attached hydrogen (secondary N) is 1. The third kappa shape index (κ3) is 2.80. The number of thiophene rings is 1. The SMILES string of the molecule is NC1CC(CNCCc2cccs2)C1. The Labute approximate surface area is 89.5 Å². The van der Waals surface area contributed by atoms with Gasteiger partial charge in [0.15, 0.2) is 0 Å². The molecule has 0 bridgehead atoms. The van der Waals surface area contributed by atoms with Crippen molar-refractivity contribution in [2.45, 2.75) is 25.3 Å². The average molecular weight is 210 g/mol. The third-order valence-electron chi connectivity index (χ3n) is 2.83. The fourth-order valence-corrected chi connectivity index (χ4v) is 2.64. The van der Waals surface area contributed by atoms with E-state index < -0.39 is 0 Å². The van der Waals surface area contributed by atoms with Gasteiger partial charge in [0, 0.05) is 10.9 Å². The molecule has 1 aliphatic carbocycles. The van der Waals surface area contributed by atoms with Crippen molar-refractivity contribution in [3.63, 3.8) is 0 Å². The Kier molecular flexibility index (Phi) is 3.56. The van der Waals surface area contributed by atoms with Gasteiger partial charge in [0.05, 0.1) is 0 Å². The van der Waals surface area contributed by atoms with Crippen LogP contribution in [0.2, 0.25) is 0 Å². The maximum atomic E-state index is 5.72. The van der Waals surface area contributed by atoms with Gasteiger partial charge in [-0.1, -0.05) is 6.07 Å². The van der Waals surface area contributed by atoms with Gasteiger partial charge in [-0.05, 0) is 49.7 Å². The Balaban J connectivity index is 1.52. The lowest BCUT2D eigenvalue weighted by Gasteiger charge is -2.32. The van der Waals surface area contributed by atoms with Crippen molar-refractivity contribution in [3.8, 4) is 0 Å². The molecule has 14 heavy (non-hydrogen) atoms. The summed E-state index contributed by atoms with van der Waals surface area (Å²) in [6, 6.07) is 4.80. The van der Waals surface area contributed by atoms with Crippen LogP contribution in [0, 0.1) is 5.92 Å². The van der Waals surface area contributed by atoms with Crippen LogP contribution in [0.15, 0.2) is 17.5 Å². The first kappa shape index (κ1) is 10.1. The zero-order chi connectivity index (χ0) is 9.80. The Morgan fingerprint density at radius 1 is 1.50 bits per heavy atom. The van der Waals surface area contributed by atoms with E-state index in [9.17, 15) is 0 Å². The topological polar surface area (TPSA) is 38.0 Å². The van der Waals surface area contributed by atoms with E-state index in [4.69, 9.17) is 5.73 Å². The Hall–Kier alpha value is -0.380. The molecule has 0 unspecified atom stereocenters. The second-order valence-electron chi connectivity index (χ2n) is 4.13. The van der Waals surface area contributed by atoms with Crippen molar-refractivity contribution < 1.29 is 0 Å². The van der Waals surface area contributed by atoms with E-state index in [-0.39, 0.29) is 0 Å². The van der Waals surface area contributed by atoms with Crippen molar-refractivity contribution in [3.05, 3.63) is 22.4 Å². The van der Waals surface area contributed by atoms with Crippen LogP contribution in [-0.2, 0) is 6.42 Å². The lowest BCUT2D eigenvalue weighted by Crippen LogP contribution is -2.41. The first-order valence-corrected chi connectivity index (χ1v) is 6.21. The first-order valence-electron chi connectivity index (χ1n) is 5.33. The molecule has 1 aromatic heterocycles. The summed E-state index contributed by atoms with van der Waals surface area (Å²) in [5.74, 6) is 0.841. The lowest BCUT2D eigenvalue weighted by atomic mass is 9.81. The summed E-state index contributed by atoms with van der Waals surface area (Å²) in [6.45, 7) is 2.26. The molecule has 2 rings (SSSR count). The van der Waals surface area contributed by atoms with Crippen LogP contribution in [0.1, 0.15) is 17.7 Å². The van der Waals surface area contributed by atoms with E-state index in [1.165, 1.54) is 17.7 Å². The fraction of sp³-hybridized carbons (Fsp3) is 0.636. The van der Waals surface area contributed by atoms with Crippen molar-refractivity contribution in [1.82, 2.24) is 5.32 Å². The molecule has 0 aromatic carbocycles. The van der Waals surface area contributed by atoms with Crippen LogP contribution in [0.5, 0.6) is 0 Å². The average Bonchev–Trinajstić information content (AvgIpc) is 2.61. The van der Waals surface area contributed by atoms with Crippen molar-refractivity contribution >= 4 is 11.3 Å². The minimum Gasteiger partial charge on any atom is -0.328 e. The van der Waals surface area contributed by atoms with E-state index >= 15 is 0 Å². The van der Waals surface area contributed by atoms with E-state index in [0.29, 0.717) is 6.04 Å². The van der Waals surface area contributed by atoms with Gasteiger partial charge in [0.25, 0.3) is 0 Å². The van der Waals surface area contributed by atoms with Crippen molar-refractivity contribution in [2.24, 2.45) is 11.7 Å². The summed E-state index contributed by atoms with van der Waals surface area (Å²) >= 11 is 1.84. The highest BCUT2D eigenvalue weighted by Gasteiger charge is 2.24. The molecule has 0 aliphatic heterocycles. The van der Waals surface area contributed by atoms with Gasteiger partial charge < -0.3 is 11.1 Å². The van der Waals surface area contributed by atoms with Crippen molar-refractivity contribution in [2.75, 3.05) is 13.1 Å². The van der Waals surface area contributed by atoms with E-state index in [1.54, 1.807) is 0 Å². The fourth-order valence-electron chi connectivity index (χ4n) is 1.93. The van der Waals surface area contributed by atoms with Crippen molar-refractivity contribution in [1.29, 1.82) is 0 Å². The largest absolute Gasteiger partial charge is 0.328 e. The van der Waals surface area contributed by atoms with Crippen LogP contribution in [-0.4, -0.2) is 19.1 Å². The summed E-state index contributed by atoms with van der Waals surface area (Å²) in [7, 11) is 0. The van der Waals surface area contributed by atoms with Crippen LogP contribution in [0.4, 0.5) is 0 Å². The molecule has 78 valence electrons. The molecule has 1 aliphatic rings. The maximum Gasteiger partial charge on any atom is 0.00578 e. The normalized spacial score (nSPS) is 26.1. The predicted octanol–water partition coefficient (Wildman–Crippen LogP) is 1.62. The molecule has 0 radical (unpaired) electrons. The smallest absolute Gasteiger partial charge is 0.00578 e. The molecule has 0 spiro atoms. The predicted molar refractivity (Wildman–Crippen MR) is 61.6 cm³/mol. The minimum absolute atomic E-state index is 0.485. The number of rotatable bonds is 5. The molecule has 3 heteroatoms. The van der Waals surface area contributed by atoms with E-state index in [1.807, 2.05) is 11.3 Å². The quantitative estimate of drug-likeness (QED) is 0.725. The molecule has 2 nitrogen and oxygen atoms in total. The van der Waals surface area contributed by atoms with Crippen LogP contribution < -0.4 is 11.1 Å². The van der Waals surface area contributed by atoms with Gasteiger partial charge in [0.1, 0.15) is 0 Å². The molecule has 0 saturated heterocycles. The van der Waals surface area contributed by atoms with E-state index in [2.05, 4.69) is 22.8 Å². The number of hydrogen-bond acceptors (Lipinski definition) is 3. The summed E-state index contributed by atoms with van der Waals surface area (Å²) in [5, 5.41) is 5.64. The van der Waals surface area contributed by atoms with Gasteiger partial charge in [0.2, 0.25) is 0 Å². The van der Waals surface area contributed by atoms with Gasteiger partial charge in [-0.25, -0.2) is 0 Å². The second-order valence-corrected chi connectivity index (χ2v) is 5.16. The number of nitrogens with two attached hydrogens (primary N) is 1. The standard InChI is InChI=1S/C11H18N2S/c12-10-6-9(7-10)8-13-4-3-11-2-1-5-14-11/h1-2,5,9-10,13H,3-4,6-8,12H2. The first-order chi connectivity index (χ1) is 6.84. The maximum absolute atomic E-state index is 5.72. The Morgan fingerprint density at radius 3 is 3.00 bits per heavy atom. The number of hydrogen-bond donors (Lipinski definition) is 2. The zero-order valence-electron chi connectivity index (χ0n) is 8.41. The van der Waals surface area contributed by atoms with Crippen LogP contribution in [0.3, 0.4) is 0 Å². The highest BCUT2D eigenvalue weighted by molar-refractivity contribution is 7.09. The monoisotopic (exact) mass is 210 g/mol. The molecule has 1 saturated carbocycles. The minimum atomic E-state index is 0.485. The second kappa shape index (κ2) is 4.91. The van der Waals surface area contributed by atoms with Crippen LogP contribution >= 0.6 is 11.3 Å². The Bertz CT molecular complexity index is 252. The van der Waals surface area contributed by atoms with Gasteiger partial charge in [-0.3, -0.25) is 0 Å². The summed E-state index contributed by atoms with van der Waals surface area (Å²) in [4.78, 5) is 1.47. The molecule has 0 amide bonds. The van der Waals surface area contributed by atoms with E-state index in [0.717, 1.165) is 25.4 Å². The lowest BCUT2D eigenvalue weighted by molar-refractivity contribution is 0.257. The molecular formula is C11H18N2S. The molecule has 1 aromatic rings. The molecule has 1 heterocycles. The third-order valence-corrected chi connectivity index (χ3v) is 3.77. The zero-order valence-corrected chi connectivity index (χ0v) is 9.22. The summed E-state index contributed by atoms with van der Waals surface area (Å²) in [6.07, 6.45) is 3.59. The molecule has 1 fully saturated rings. The van der Waals surface area contributed by atoms with Gasteiger partial charge >= 0.3 is 0 Å². The van der Waals surface area contributed by atoms with Crippen LogP contribution in [0.25, 0.3) is 0 Å². The van der Waals surface area contributed by atoms with Gasteiger partial charge in [-0.15, -0.1) is 11.3 Å².